The van der Waals surface area contributed by atoms with Gasteiger partial charge in [0.25, 0.3) is 5.91 Å². The minimum Gasteiger partial charge on any atom is -0.319 e. The molecule has 0 bridgehead atoms. The van der Waals surface area contributed by atoms with E-state index < -0.39 is 29.4 Å². The van der Waals surface area contributed by atoms with E-state index in [4.69, 9.17) is 0 Å². The fraction of sp³-hybridized carbons (Fsp3) is 0.125. The first-order valence-electron chi connectivity index (χ1n) is 7.17. The third kappa shape index (κ3) is 4.07. The van der Waals surface area contributed by atoms with Crippen LogP contribution in [0.5, 0.6) is 0 Å². The van der Waals surface area contributed by atoms with E-state index in [-0.39, 0.29) is 17.1 Å². The fourth-order valence-electron chi connectivity index (χ4n) is 2.14. The largest absolute Gasteiger partial charge is 0.435 e. The van der Waals surface area contributed by atoms with Crippen LogP contribution in [0.1, 0.15) is 20.9 Å². The van der Waals surface area contributed by atoms with E-state index in [0.717, 1.165) is 34.2 Å². The second kappa shape index (κ2) is 6.87. The van der Waals surface area contributed by atoms with Gasteiger partial charge in [-0.25, -0.2) is 8.78 Å². The van der Waals surface area contributed by atoms with Crippen molar-refractivity contribution in [3.05, 3.63) is 69.7 Å². The highest BCUT2D eigenvalue weighted by Gasteiger charge is 2.33. The van der Waals surface area contributed by atoms with Crippen LogP contribution in [0.4, 0.5) is 27.6 Å². The van der Waals surface area contributed by atoms with Gasteiger partial charge in [-0.2, -0.15) is 18.3 Å². The Morgan fingerprint density at radius 3 is 2.62 bits per heavy atom. The zero-order valence-electron chi connectivity index (χ0n) is 12.8. The standard InChI is InChI=1S/C16H10F5N3OS/c17-10-1-2-12(11(18)6-10)22-15(25)13-5-9(8-26-13)7-24-4-3-14(23-24)16(19,20)21/h1-6,8H,7H2,(H,22,25). The normalized spacial score (nSPS) is 11.6. The van der Waals surface area contributed by atoms with Crippen molar-refractivity contribution in [2.24, 2.45) is 0 Å². The molecule has 2 aromatic heterocycles. The second-order valence-electron chi connectivity index (χ2n) is 5.29. The summed E-state index contributed by atoms with van der Waals surface area (Å²) < 4.78 is 65.1. The molecule has 4 nitrogen and oxygen atoms in total. The van der Waals surface area contributed by atoms with E-state index in [1.54, 1.807) is 5.38 Å². The third-order valence-electron chi connectivity index (χ3n) is 3.33. The molecule has 3 rings (SSSR count). The average Bonchev–Trinajstić information content (AvgIpc) is 3.19. The molecule has 0 atom stereocenters. The van der Waals surface area contributed by atoms with Crippen molar-refractivity contribution in [1.82, 2.24) is 9.78 Å². The van der Waals surface area contributed by atoms with Crippen LogP contribution in [0.15, 0.2) is 41.9 Å². The molecule has 0 saturated carbocycles. The van der Waals surface area contributed by atoms with Crippen molar-refractivity contribution in [3.8, 4) is 0 Å². The molecular weight excluding hydrogens is 377 g/mol. The first kappa shape index (κ1) is 18.1. The number of nitrogens with one attached hydrogen (secondary N) is 1. The summed E-state index contributed by atoms with van der Waals surface area (Å²) in [5.74, 6) is -2.29. The van der Waals surface area contributed by atoms with Crippen LogP contribution in [-0.4, -0.2) is 15.7 Å². The molecule has 1 N–H and O–H groups in total. The molecule has 136 valence electrons. The van der Waals surface area contributed by atoms with Gasteiger partial charge in [-0.15, -0.1) is 11.3 Å². The molecule has 0 aliphatic heterocycles. The van der Waals surface area contributed by atoms with Gasteiger partial charge in [0, 0.05) is 12.3 Å². The van der Waals surface area contributed by atoms with Crippen LogP contribution in [0, 0.1) is 11.6 Å². The van der Waals surface area contributed by atoms with E-state index in [0.29, 0.717) is 11.6 Å². The van der Waals surface area contributed by atoms with Gasteiger partial charge in [-0.3, -0.25) is 9.48 Å². The summed E-state index contributed by atoms with van der Waals surface area (Å²) in [4.78, 5) is 12.3. The molecule has 0 radical (unpaired) electrons. The van der Waals surface area contributed by atoms with E-state index in [1.165, 1.54) is 12.3 Å². The van der Waals surface area contributed by atoms with E-state index in [2.05, 4.69) is 10.4 Å². The van der Waals surface area contributed by atoms with Gasteiger partial charge >= 0.3 is 6.18 Å². The van der Waals surface area contributed by atoms with Gasteiger partial charge < -0.3 is 5.32 Å². The van der Waals surface area contributed by atoms with Crippen molar-refractivity contribution in [2.75, 3.05) is 5.32 Å². The lowest BCUT2D eigenvalue weighted by atomic mass is 10.2. The van der Waals surface area contributed by atoms with Crippen LogP contribution >= 0.6 is 11.3 Å². The number of hydrogen-bond donors (Lipinski definition) is 1. The highest BCUT2D eigenvalue weighted by Crippen LogP contribution is 2.27. The third-order valence-corrected chi connectivity index (χ3v) is 4.31. The summed E-state index contributed by atoms with van der Waals surface area (Å²) in [5.41, 5.74) is -0.609. The summed E-state index contributed by atoms with van der Waals surface area (Å²) in [7, 11) is 0. The highest BCUT2D eigenvalue weighted by molar-refractivity contribution is 7.12. The zero-order valence-corrected chi connectivity index (χ0v) is 13.7. The summed E-state index contributed by atoms with van der Waals surface area (Å²) in [6.45, 7) is 0.0464. The van der Waals surface area contributed by atoms with Crippen LogP contribution in [0.3, 0.4) is 0 Å². The number of amides is 1. The number of thiophene rings is 1. The predicted molar refractivity (Wildman–Crippen MR) is 85.0 cm³/mol. The number of nitrogens with zero attached hydrogens (tertiary/aromatic N) is 2. The monoisotopic (exact) mass is 387 g/mol. The molecule has 2 heterocycles. The van der Waals surface area contributed by atoms with Crippen LogP contribution in [0.25, 0.3) is 0 Å². The second-order valence-corrected chi connectivity index (χ2v) is 6.21. The number of benzene rings is 1. The topological polar surface area (TPSA) is 46.9 Å². The molecule has 0 aliphatic carbocycles. The summed E-state index contributed by atoms with van der Waals surface area (Å²) in [6.07, 6.45) is -3.34. The van der Waals surface area contributed by atoms with E-state index in [1.807, 2.05) is 0 Å². The molecular formula is C16H10F5N3OS. The summed E-state index contributed by atoms with van der Waals surface area (Å²) in [5, 5.41) is 7.33. The number of carbonyl (C=O) groups excluding carboxylic acids is 1. The molecule has 0 spiro atoms. The van der Waals surface area contributed by atoms with Crippen molar-refractivity contribution in [1.29, 1.82) is 0 Å². The number of alkyl halides is 3. The van der Waals surface area contributed by atoms with Crippen LogP contribution < -0.4 is 5.32 Å². The summed E-state index contributed by atoms with van der Waals surface area (Å²) >= 11 is 1.05. The Balaban J connectivity index is 1.69. The molecule has 0 saturated heterocycles. The first-order valence-corrected chi connectivity index (χ1v) is 8.05. The molecule has 0 unspecified atom stereocenters. The zero-order chi connectivity index (χ0) is 18.9. The van der Waals surface area contributed by atoms with Gasteiger partial charge in [-0.05, 0) is 35.2 Å². The minimum absolute atomic E-state index is 0.0464. The maximum Gasteiger partial charge on any atom is 0.435 e. The number of halogens is 5. The molecule has 26 heavy (non-hydrogen) atoms. The Hall–Kier alpha value is -2.75. The number of hydrogen-bond acceptors (Lipinski definition) is 3. The van der Waals surface area contributed by atoms with Crippen molar-refractivity contribution >= 4 is 22.9 Å². The van der Waals surface area contributed by atoms with Gasteiger partial charge in [0.2, 0.25) is 0 Å². The van der Waals surface area contributed by atoms with E-state index in [9.17, 15) is 26.7 Å². The first-order chi connectivity index (χ1) is 12.2. The Morgan fingerprint density at radius 2 is 1.96 bits per heavy atom. The smallest absolute Gasteiger partial charge is 0.319 e. The molecule has 1 amide bonds. The lowest BCUT2D eigenvalue weighted by Crippen LogP contribution is -2.11. The molecule has 10 heteroatoms. The van der Waals surface area contributed by atoms with Gasteiger partial charge in [0.1, 0.15) is 11.6 Å². The maximum atomic E-state index is 13.6. The number of anilines is 1. The fourth-order valence-corrected chi connectivity index (χ4v) is 2.94. The average molecular weight is 387 g/mol. The van der Waals surface area contributed by atoms with Crippen LogP contribution in [-0.2, 0) is 12.7 Å². The Kier molecular flexibility index (Phi) is 4.77. The summed E-state index contributed by atoms with van der Waals surface area (Å²) in [6, 6.07) is 5.08. The molecule has 0 aliphatic rings. The Labute approximate surface area is 147 Å². The molecule has 1 aromatic carbocycles. The minimum atomic E-state index is -4.52. The number of carbonyl (C=O) groups is 1. The molecule has 3 aromatic rings. The van der Waals surface area contributed by atoms with Gasteiger partial charge in [0.05, 0.1) is 17.1 Å². The highest BCUT2D eigenvalue weighted by atomic mass is 32.1. The van der Waals surface area contributed by atoms with Crippen molar-refractivity contribution in [2.45, 2.75) is 12.7 Å². The predicted octanol–water partition coefficient (Wildman–Crippen LogP) is 4.54. The Bertz CT molecular complexity index is 948. The SMILES string of the molecule is O=C(Nc1ccc(F)cc1F)c1cc(Cn2ccc(C(F)(F)F)n2)cs1. The molecule has 0 fully saturated rings. The maximum absolute atomic E-state index is 13.6. The lowest BCUT2D eigenvalue weighted by Gasteiger charge is -2.04. The number of aromatic nitrogens is 2. The van der Waals surface area contributed by atoms with Crippen molar-refractivity contribution in [3.63, 3.8) is 0 Å². The Morgan fingerprint density at radius 1 is 1.19 bits per heavy atom. The van der Waals surface area contributed by atoms with Crippen molar-refractivity contribution < 1.29 is 26.7 Å². The van der Waals surface area contributed by atoms with Crippen LogP contribution in [0.2, 0.25) is 0 Å². The van der Waals surface area contributed by atoms with E-state index >= 15 is 0 Å². The van der Waals surface area contributed by atoms with Gasteiger partial charge in [0.15, 0.2) is 5.69 Å². The number of rotatable bonds is 4. The lowest BCUT2D eigenvalue weighted by molar-refractivity contribution is -0.141. The quantitative estimate of drug-likeness (QED) is 0.668. The van der Waals surface area contributed by atoms with Gasteiger partial charge in [-0.1, -0.05) is 0 Å².